The van der Waals surface area contributed by atoms with Gasteiger partial charge in [-0.25, -0.2) is 0 Å². The van der Waals surface area contributed by atoms with Crippen molar-refractivity contribution in [2.75, 3.05) is 27.4 Å². The third kappa shape index (κ3) is 4.26. The second-order valence-electron chi connectivity index (χ2n) is 5.24. The summed E-state index contributed by atoms with van der Waals surface area (Å²) in [5.41, 5.74) is -0.972. The van der Waals surface area contributed by atoms with Gasteiger partial charge < -0.3 is 19.5 Å². The van der Waals surface area contributed by atoms with E-state index in [1.807, 2.05) is 0 Å². The van der Waals surface area contributed by atoms with Gasteiger partial charge in [-0.05, 0) is 20.3 Å². The SMILES string of the molecule is COC[C@@H]1C[C@H](OC)CN1C(=O)CC(C)(C)O. The van der Waals surface area contributed by atoms with Crippen LogP contribution in [0.3, 0.4) is 0 Å². The van der Waals surface area contributed by atoms with Crippen LogP contribution in [0.25, 0.3) is 0 Å². The molecular weight excluding hydrogens is 222 g/mol. The van der Waals surface area contributed by atoms with Crippen LogP contribution in [0.4, 0.5) is 0 Å². The smallest absolute Gasteiger partial charge is 0.225 e. The van der Waals surface area contributed by atoms with Crippen molar-refractivity contribution in [3.63, 3.8) is 0 Å². The molecule has 0 radical (unpaired) electrons. The standard InChI is InChI=1S/C12H23NO4/c1-12(2,15)6-11(14)13-7-10(17-4)5-9(13)8-16-3/h9-10,15H,5-8H2,1-4H3/t9-,10-/m0/s1. The fourth-order valence-electron chi connectivity index (χ4n) is 2.17. The minimum Gasteiger partial charge on any atom is -0.390 e. The van der Waals surface area contributed by atoms with E-state index in [1.54, 1.807) is 33.0 Å². The van der Waals surface area contributed by atoms with E-state index in [0.717, 1.165) is 6.42 Å². The summed E-state index contributed by atoms with van der Waals surface area (Å²) in [4.78, 5) is 13.8. The van der Waals surface area contributed by atoms with E-state index in [0.29, 0.717) is 13.2 Å². The lowest BCUT2D eigenvalue weighted by Crippen LogP contribution is -2.41. The third-order valence-corrected chi connectivity index (χ3v) is 2.97. The van der Waals surface area contributed by atoms with Gasteiger partial charge in [0, 0.05) is 20.8 Å². The van der Waals surface area contributed by atoms with Crippen LogP contribution >= 0.6 is 0 Å². The van der Waals surface area contributed by atoms with Crippen molar-refractivity contribution in [2.24, 2.45) is 0 Å². The molecule has 1 rings (SSSR count). The monoisotopic (exact) mass is 245 g/mol. The maximum absolute atomic E-state index is 12.1. The van der Waals surface area contributed by atoms with Crippen LogP contribution < -0.4 is 0 Å². The lowest BCUT2D eigenvalue weighted by atomic mass is 10.0. The normalized spacial score (nSPS) is 25.4. The van der Waals surface area contributed by atoms with E-state index < -0.39 is 5.60 Å². The minimum absolute atomic E-state index is 0.0425. The topological polar surface area (TPSA) is 59.0 Å². The maximum atomic E-state index is 12.1. The first kappa shape index (κ1) is 14.4. The molecule has 1 amide bonds. The Labute approximate surface area is 103 Å². The molecule has 0 spiro atoms. The van der Waals surface area contributed by atoms with Gasteiger partial charge in [0.05, 0.1) is 30.8 Å². The van der Waals surface area contributed by atoms with Crippen molar-refractivity contribution in [3.8, 4) is 0 Å². The van der Waals surface area contributed by atoms with E-state index in [4.69, 9.17) is 9.47 Å². The number of rotatable bonds is 5. The van der Waals surface area contributed by atoms with Crippen LogP contribution in [0.1, 0.15) is 26.7 Å². The van der Waals surface area contributed by atoms with Gasteiger partial charge in [-0.1, -0.05) is 0 Å². The number of aliphatic hydroxyl groups is 1. The number of carbonyl (C=O) groups is 1. The Bertz CT molecular complexity index is 262. The van der Waals surface area contributed by atoms with Gasteiger partial charge in [0.25, 0.3) is 0 Å². The van der Waals surface area contributed by atoms with Crippen LogP contribution in [0, 0.1) is 0 Å². The molecule has 0 aromatic rings. The van der Waals surface area contributed by atoms with Crippen molar-refractivity contribution in [1.82, 2.24) is 4.90 Å². The molecule has 0 bridgehead atoms. The van der Waals surface area contributed by atoms with Crippen molar-refractivity contribution >= 4 is 5.91 Å². The van der Waals surface area contributed by atoms with Crippen LogP contribution in [-0.4, -0.2) is 61.0 Å². The predicted molar refractivity (Wildman–Crippen MR) is 63.7 cm³/mol. The zero-order valence-corrected chi connectivity index (χ0v) is 11.1. The first-order valence-corrected chi connectivity index (χ1v) is 5.91. The van der Waals surface area contributed by atoms with Gasteiger partial charge in [-0.2, -0.15) is 0 Å². The summed E-state index contributed by atoms with van der Waals surface area (Å²) in [7, 11) is 3.28. The maximum Gasteiger partial charge on any atom is 0.225 e. The number of hydrogen-bond acceptors (Lipinski definition) is 4. The summed E-state index contributed by atoms with van der Waals surface area (Å²) >= 11 is 0. The Kier molecular flexibility index (Phi) is 4.91. The predicted octanol–water partition coefficient (Wildman–Crippen LogP) is 0.410. The summed E-state index contributed by atoms with van der Waals surface area (Å²) in [6.07, 6.45) is 0.992. The molecule has 1 fully saturated rings. The summed E-state index contributed by atoms with van der Waals surface area (Å²) in [6, 6.07) is 0.0554. The van der Waals surface area contributed by atoms with E-state index in [-0.39, 0.29) is 24.5 Å². The first-order chi connectivity index (χ1) is 7.87. The van der Waals surface area contributed by atoms with E-state index in [2.05, 4.69) is 0 Å². The van der Waals surface area contributed by atoms with Crippen molar-refractivity contribution in [1.29, 1.82) is 0 Å². The molecule has 0 aromatic heterocycles. The fraction of sp³-hybridized carbons (Fsp3) is 0.917. The Balaban J connectivity index is 2.63. The third-order valence-electron chi connectivity index (χ3n) is 2.97. The number of methoxy groups -OCH3 is 2. The fourth-order valence-corrected chi connectivity index (χ4v) is 2.17. The summed E-state index contributed by atoms with van der Waals surface area (Å²) in [5, 5.41) is 9.68. The van der Waals surface area contributed by atoms with E-state index in [9.17, 15) is 9.90 Å². The molecule has 1 aliphatic rings. The number of amides is 1. The molecule has 2 atom stereocenters. The number of nitrogens with zero attached hydrogens (tertiary/aromatic N) is 1. The van der Waals surface area contributed by atoms with Gasteiger partial charge in [0.15, 0.2) is 0 Å². The van der Waals surface area contributed by atoms with Crippen LogP contribution in [0.15, 0.2) is 0 Å². The largest absolute Gasteiger partial charge is 0.390 e. The second kappa shape index (κ2) is 5.80. The molecule has 1 N–H and O–H groups in total. The highest BCUT2D eigenvalue weighted by molar-refractivity contribution is 5.78. The Morgan fingerprint density at radius 3 is 2.59 bits per heavy atom. The average Bonchev–Trinajstić information content (AvgIpc) is 2.59. The molecule has 0 saturated carbocycles. The van der Waals surface area contributed by atoms with Crippen molar-refractivity contribution in [3.05, 3.63) is 0 Å². The summed E-state index contributed by atoms with van der Waals surface area (Å²) in [6.45, 7) is 4.37. The number of hydrogen-bond donors (Lipinski definition) is 1. The Morgan fingerprint density at radius 1 is 1.47 bits per heavy atom. The molecule has 1 aliphatic heterocycles. The van der Waals surface area contributed by atoms with E-state index in [1.165, 1.54) is 0 Å². The van der Waals surface area contributed by atoms with Gasteiger partial charge in [0.2, 0.25) is 5.91 Å². The molecule has 5 nitrogen and oxygen atoms in total. The van der Waals surface area contributed by atoms with Gasteiger partial charge in [-0.3, -0.25) is 4.79 Å². The highest BCUT2D eigenvalue weighted by Crippen LogP contribution is 2.23. The van der Waals surface area contributed by atoms with Crippen LogP contribution in [0.5, 0.6) is 0 Å². The lowest BCUT2D eigenvalue weighted by molar-refractivity contribution is -0.137. The highest BCUT2D eigenvalue weighted by atomic mass is 16.5. The molecule has 100 valence electrons. The lowest BCUT2D eigenvalue weighted by Gasteiger charge is -2.27. The summed E-state index contributed by atoms with van der Waals surface area (Å²) in [5.74, 6) is -0.0425. The Hall–Kier alpha value is -0.650. The molecule has 1 heterocycles. The molecule has 1 saturated heterocycles. The van der Waals surface area contributed by atoms with Crippen LogP contribution in [-0.2, 0) is 14.3 Å². The first-order valence-electron chi connectivity index (χ1n) is 5.91. The molecule has 17 heavy (non-hydrogen) atoms. The van der Waals surface area contributed by atoms with E-state index >= 15 is 0 Å². The zero-order chi connectivity index (χ0) is 13.1. The molecule has 0 unspecified atom stereocenters. The zero-order valence-electron chi connectivity index (χ0n) is 11.1. The van der Waals surface area contributed by atoms with Crippen LogP contribution in [0.2, 0.25) is 0 Å². The van der Waals surface area contributed by atoms with Crippen molar-refractivity contribution in [2.45, 2.75) is 44.4 Å². The number of ether oxygens (including phenoxy) is 2. The highest BCUT2D eigenvalue weighted by Gasteiger charge is 2.36. The Morgan fingerprint density at radius 2 is 2.12 bits per heavy atom. The minimum atomic E-state index is -0.972. The number of likely N-dealkylation sites (tertiary alicyclic amines) is 1. The molecule has 5 heteroatoms. The molecular formula is C12H23NO4. The van der Waals surface area contributed by atoms with Gasteiger partial charge in [-0.15, -0.1) is 0 Å². The van der Waals surface area contributed by atoms with Gasteiger partial charge in [0.1, 0.15) is 0 Å². The number of carbonyl (C=O) groups excluding carboxylic acids is 1. The van der Waals surface area contributed by atoms with Crippen molar-refractivity contribution < 1.29 is 19.4 Å². The quantitative estimate of drug-likeness (QED) is 0.762. The summed E-state index contributed by atoms with van der Waals surface area (Å²) < 4.78 is 10.4. The molecule has 0 aromatic carbocycles. The van der Waals surface area contributed by atoms with Gasteiger partial charge >= 0.3 is 0 Å². The average molecular weight is 245 g/mol. The second-order valence-corrected chi connectivity index (χ2v) is 5.24. The molecule has 0 aliphatic carbocycles.